The standard InChI is InChI=1S/C20H25N5O/c1-16-14-19(21-8-5-9-24-10-12-26-13-11-24)25-20(23-16)18(15-22-25)17-6-3-2-4-7-17/h2-4,6-7,14-15,21H,5,8-13H2,1H3/p+1. The monoisotopic (exact) mass is 352 g/mol. The maximum Gasteiger partial charge on any atom is 0.165 e. The molecule has 1 aliphatic heterocycles. The zero-order valence-electron chi connectivity index (χ0n) is 15.2. The van der Waals surface area contributed by atoms with Gasteiger partial charge in [-0.15, -0.1) is 0 Å². The maximum atomic E-state index is 5.42. The highest BCUT2D eigenvalue weighted by Crippen LogP contribution is 2.25. The van der Waals surface area contributed by atoms with Crippen molar-refractivity contribution < 1.29 is 9.64 Å². The maximum absolute atomic E-state index is 5.42. The first-order valence-electron chi connectivity index (χ1n) is 9.37. The molecule has 2 N–H and O–H groups in total. The summed E-state index contributed by atoms with van der Waals surface area (Å²) >= 11 is 0. The molecule has 3 heterocycles. The van der Waals surface area contributed by atoms with Crippen molar-refractivity contribution in [2.24, 2.45) is 0 Å². The van der Waals surface area contributed by atoms with Gasteiger partial charge in [0.1, 0.15) is 18.9 Å². The highest BCUT2D eigenvalue weighted by molar-refractivity contribution is 5.78. The fraction of sp³-hybridized carbons (Fsp3) is 0.400. The van der Waals surface area contributed by atoms with Crippen molar-refractivity contribution in [3.05, 3.63) is 48.3 Å². The number of quaternary nitrogens is 1. The third kappa shape index (κ3) is 3.71. The summed E-state index contributed by atoms with van der Waals surface area (Å²) in [7, 11) is 0. The van der Waals surface area contributed by atoms with E-state index in [1.807, 2.05) is 35.8 Å². The van der Waals surface area contributed by atoms with Gasteiger partial charge in [0.2, 0.25) is 0 Å². The Kier molecular flexibility index (Phi) is 5.13. The molecular weight excluding hydrogens is 326 g/mol. The molecule has 26 heavy (non-hydrogen) atoms. The number of morpholine rings is 1. The van der Waals surface area contributed by atoms with Gasteiger partial charge in [0, 0.05) is 30.3 Å². The van der Waals surface area contributed by atoms with Crippen LogP contribution in [0, 0.1) is 6.92 Å². The largest absolute Gasteiger partial charge is 0.370 e. The van der Waals surface area contributed by atoms with Crippen molar-refractivity contribution >= 4 is 11.5 Å². The van der Waals surface area contributed by atoms with Crippen molar-refractivity contribution in [3.63, 3.8) is 0 Å². The summed E-state index contributed by atoms with van der Waals surface area (Å²) in [5.74, 6) is 1.01. The number of benzene rings is 1. The lowest BCUT2D eigenvalue weighted by Gasteiger charge is -2.23. The summed E-state index contributed by atoms with van der Waals surface area (Å²) in [5.41, 5.74) is 4.10. The van der Waals surface area contributed by atoms with E-state index in [2.05, 4.69) is 28.6 Å². The Morgan fingerprint density at radius 3 is 2.81 bits per heavy atom. The van der Waals surface area contributed by atoms with Gasteiger partial charge in [0.05, 0.1) is 26.0 Å². The molecule has 6 heteroatoms. The molecule has 0 bridgehead atoms. The van der Waals surface area contributed by atoms with Crippen molar-refractivity contribution in [3.8, 4) is 11.1 Å². The number of hydrogen-bond acceptors (Lipinski definition) is 4. The van der Waals surface area contributed by atoms with Crippen molar-refractivity contribution in [1.29, 1.82) is 0 Å². The van der Waals surface area contributed by atoms with Crippen LogP contribution in [-0.2, 0) is 4.74 Å². The van der Waals surface area contributed by atoms with Crippen LogP contribution in [0.1, 0.15) is 12.1 Å². The van der Waals surface area contributed by atoms with Gasteiger partial charge in [-0.05, 0) is 12.5 Å². The zero-order valence-corrected chi connectivity index (χ0v) is 15.2. The van der Waals surface area contributed by atoms with Crippen LogP contribution in [0.25, 0.3) is 16.8 Å². The summed E-state index contributed by atoms with van der Waals surface area (Å²) in [6.45, 7) is 8.17. The number of nitrogens with zero attached hydrogens (tertiary/aromatic N) is 3. The van der Waals surface area contributed by atoms with E-state index in [4.69, 9.17) is 9.72 Å². The molecule has 2 aromatic heterocycles. The number of rotatable bonds is 6. The first kappa shape index (κ1) is 17.0. The number of anilines is 1. The van der Waals surface area contributed by atoms with Gasteiger partial charge in [-0.2, -0.15) is 9.61 Å². The van der Waals surface area contributed by atoms with E-state index in [-0.39, 0.29) is 0 Å². The predicted molar refractivity (Wildman–Crippen MR) is 103 cm³/mol. The van der Waals surface area contributed by atoms with Crippen LogP contribution in [-0.4, -0.2) is 54.0 Å². The highest BCUT2D eigenvalue weighted by atomic mass is 16.5. The van der Waals surface area contributed by atoms with Crippen LogP contribution >= 0.6 is 0 Å². The van der Waals surface area contributed by atoms with Crippen LogP contribution in [0.2, 0.25) is 0 Å². The minimum Gasteiger partial charge on any atom is -0.370 e. The van der Waals surface area contributed by atoms with Crippen LogP contribution in [0.3, 0.4) is 0 Å². The lowest BCUT2D eigenvalue weighted by Crippen LogP contribution is -3.14. The number of nitrogens with one attached hydrogen (secondary N) is 2. The lowest BCUT2D eigenvalue weighted by molar-refractivity contribution is -0.908. The number of aryl methyl sites for hydroxylation is 1. The Labute approximate surface area is 153 Å². The lowest BCUT2D eigenvalue weighted by atomic mass is 10.1. The van der Waals surface area contributed by atoms with E-state index in [0.717, 1.165) is 67.6 Å². The Morgan fingerprint density at radius 1 is 1.19 bits per heavy atom. The van der Waals surface area contributed by atoms with Gasteiger partial charge in [-0.3, -0.25) is 0 Å². The first-order chi connectivity index (χ1) is 12.8. The number of ether oxygens (including phenoxy) is 1. The van der Waals surface area contributed by atoms with Gasteiger partial charge in [-0.25, -0.2) is 4.98 Å². The average molecular weight is 352 g/mol. The minimum atomic E-state index is 0.891. The summed E-state index contributed by atoms with van der Waals surface area (Å²) < 4.78 is 7.33. The van der Waals surface area contributed by atoms with Gasteiger partial charge >= 0.3 is 0 Å². The van der Waals surface area contributed by atoms with Crippen molar-refractivity contribution in [2.75, 3.05) is 44.7 Å². The Morgan fingerprint density at radius 2 is 2.00 bits per heavy atom. The second-order valence-electron chi connectivity index (χ2n) is 6.84. The SMILES string of the molecule is Cc1cc(NCCC[NH+]2CCOCC2)n2ncc(-c3ccccc3)c2n1. The fourth-order valence-electron chi connectivity index (χ4n) is 3.50. The molecule has 1 aromatic carbocycles. The zero-order chi connectivity index (χ0) is 17.8. The molecule has 0 spiro atoms. The van der Waals surface area contributed by atoms with E-state index >= 15 is 0 Å². The van der Waals surface area contributed by atoms with E-state index < -0.39 is 0 Å². The molecule has 3 aromatic rings. The van der Waals surface area contributed by atoms with E-state index in [1.54, 1.807) is 4.90 Å². The quantitative estimate of drug-likeness (QED) is 0.659. The van der Waals surface area contributed by atoms with Crippen LogP contribution in [0.15, 0.2) is 42.6 Å². The normalized spacial score (nSPS) is 15.4. The van der Waals surface area contributed by atoms with Gasteiger partial charge in [0.25, 0.3) is 0 Å². The Hall–Kier alpha value is -2.44. The van der Waals surface area contributed by atoms with Crippen LogP contribution < -0.4 is 10.2 Å². The molecule has 6 nitrogen and oxygen atoms in total. The predicted octanol–water partition coefficient (Wildman–Crippen LogP) is 1.42. The van der Waals surface area contributed by atoms with Crippen LogP contribution in [0.5, 0.6) is 0 Å². The van der Waals surface area contributed by atoms with Crippen molar-refractivity contribution in [2.45, 2.75) is 13.3 Å². The first-order valence-corrected chi connectivity index (χ1v) is 9.37. The van der Waals surface area contributed by atoms with Crippen molar-refractivity contribution in [1.82, 2.24) is 14.6 Å². The third-order valence-corrected chi connectivity index (χ3v) is 4.90. The van der Waals surface area contributed by atoms with E-state index in [9.17, 15) is 0 Å². The molecule has 0 saturated carbocycles. The van der Waals surface area contributed by atoms with Gasteiger partial charge in [-0.1, -0.05) is 30.3 Å². The highest BCUT2D eigenvalue weighted by Gasteiger charge is 2.14. The minimum absolute atomic E-state index is 0.891. The Bertz CT molecular complexity index is 855. The van der Waals surface area contributed by atoms with E-state index in [0.29, 0.717) is 0 Å². The molecule has 1 fully saturated rings. The molecule has 4 rings (SSSR count). The molecule has 0 amide bonds. The summed E-state index contributed by atoms with van der Waals surface area (Å²) in [5, 5.41) is 8.12. The third-order valence-electron chi connectivity index (χ3n) is 4.90. The number of aromatic nitrogens is 3. The average Bonchev–Trinajstić information content (AvgIpc) is 3.10. The number of fused-ring (bicyclic) bond motifs is 1. The molecule has 136 valence electrons. The second kappa shape index (κ2) is 7.85. The summed E-state index contributed by atoms with van der Waals surface area (Å²) in [4.78, 5) is 6.36. The Balaban J connectivity index is 1.48. The van der Waals surface area contributed by atoms with Gasteiger partial charge < -0.3 is 15.0 Å². The van der Waals surface area contributed by atoms with Crippen LogP contribution in [0.4, 0.5) is 5.82 Å². The summed E-state index contributed by atoms with van der Waals surface area (Å²) in [6.07, 6.45) is 3.03. The van der Waals surface area contributed by atoms with Gasteiger partial charge in [0.15, 0.2) is 5.65 Å². The molecular formula is C20H26N5O+. The molecule has 1 saturated heterocycles. The fourth-order valence-corrected chi connectivity index (χ4v) is 3.50. The molecule has 0 unspecified atom stereocenters. The molecule has 0 radical (unpaired) electrons. The second-order valence-corrected chi connectivity index (χ2v) is 6.84. The smallest absolute Gasteiger partial charge is 0.165 e. The summed E-state index contributed by atoms with van der Waals surface area (Å²) in [6, 6.07) is 12.4. The molecule has 1 aliphatic rings. The topological polar surface area (TPSA) is 55.9 Å². The molecule has 0 atom stereocenters. The van der Waals surface area contributed by atoms with E-state index in [1.165, 1.54) is 6.54 Å². The number of hydrogen-bond donors (Lipinski definition) is 2. The molecule has 0 aliphatic carbocycles.